The van der Waals surface area contributed by atoms with Crippen molar-refractivity contribution >= 4 is 16.8 Å². The Morgan fingerprint density at radius 2 is 2.13 bits per heavy atom. The fourth-order valence-corrected chi connectivity index (χ4v) is 2.24. The van der Waals surface area contributed by atoms with Gasteiger partial charge in [-0.1, -0.05) is 17.3 Å². The van der Waals surface area contributed by atoms with E-state index in [4.69, 9.17) is 0 Å². The van der Waals surface area contributed by atoms with Crippen molar-refractivity contribution < 1.29 is 4.79 Å². The van der Waals surface area contributed by atoms with Crippen molar-refractivity contribution in [2.24, 2.45) is 0 Å². The van der Waals surface area contributed by atoms with Crippen LogP contribution in [0.2, 0.25) is 0 Å². The molecule has 2 aromatic heterocycles. The molecule has 0 saturated carbocycles. The average molecular weight is 312 g/mol. The Labute approximate surface area is 131 Å². The number of nitrogens with one attached hydrogen (secondary N) is 1. The summed E-state index contributed by atoms with van der Waals surface area (Å²) in [5, 5.41) is 11.0. The molecule has 8 heteroatoms. The Balaban J connectivity index is 1.61. The minimum absolute atomic E-state index is 0.0624. The van der Waals surface area contributed by atoms with Crippen LogP contribution in [0.4, 0.5) is 0 Å². The van der Waals surface area contributed by atoms with E-state index in [2.05, 4.69) is 20.6 Å². The quantitative estimate of drug-likeness (QED) is 0.721. The summed E-state index contributed by atoms with van der Waals surface area (Å²) in [6.07, 6.45) is 3.19. The molecule has 0 bridgehead atoms. The zero-order valence-electron chi connectivity index (χ0n) is 12.6. The van der Waals surface area contributed by atoms with Gasteiger partial charge >= 0.3 is 0 Å². The van der Waals surface area contributed by atoms with Crippen LogP contribution in [-0.4, -0.2) is 37.0 Å². The van der Waals surface area contributed by atoms with Gasteiger partial charge in [0.1, 0.15) is 6.54 Å². The fourth-order valence-electron chi connectivity index (χ4n) is 2.24. The van der Waals surface area contributed by atoms with Gasteiger partial charge in [0.15, 0.2) is 0 Å². The molecular formula is C15H16N6O2. The lowest BCUT2D eigenvalue weighted by atomic mass is 10.2. The summed E-state index contributed by atoms with van der Waals surface area (Å²) < 4.78 is 2.96. The number of para-hydroxylation sites is 1. The Morgan fingerprint density at radius 3 is 2.91 bits per heavy atom. The summed E-state index contributed by atoms with van der Waals surface area (Å²) in [6, 6.07) is 7.06. The molecule has 0 saturated heterocycles. The molecular weight excluding hydrogens is 296 g/mol. The fraction of sp³-hybridized carbons (Fsp3) is 0.267. The Hall–Kier alpha value is -3.03. The molecule has 3 rings (SSSR count). The van der Waals surface area contributed by atoms with Crippen molar-refractivity contribution in [3.63, 3.8) is 0 Å². The van der Waals surface area contributed by atoms with Gasteiger partial charge in [-0.25, -0.2) is 4.98 Å². The van der Waals surface area contributed by atoms with E-state index in [1.165, 1.54) is 10.9 Å². The second-order valence-electron chi connectivity index (χ2n) is 5.17. The van der Waals surface area contributed by atoms with Gasteiger partial charge < -0.3 is 5.32 Å². The first-order valence-corrected chi connectivity index (χ1v) is 7.21. The third-order valence-corrected chi connectivity index (χ3v) is 3.36. The number of carbonyl (C=O) groups is 1. The van der Waals surface area contributed by atoms with Crippen LogP contribution in [0.25, 0.3) is 10.9 Å². The van der Waals surface area contributed by atoms with E-state index in [0.717, 1.165) is 5.69 Å². The number of aryl methyl sites for hydroxylation is 1. The van der Waals surface area contributed by atoms with Gasteiger partial charge in [0.05, 0.1) is 29.5 Å². The number of hydrogen-bond acceptors (Lipinski definition) is 5. The highest BCUT2D eigenvalue weighted by atomic mass is 16.2. The molecule has 2 heterocycles. The summed E-state index contributed by atoms with van der Waals surface area (Å²) in [6.45, 7) is 2.73. The predicted octanol–water partition coefficient (Wildman–Crippen LogP) is 0.113. The maximum atomic E-state index is 12.3. The van der Waals surface area contributed by atoms with E-state index in [9.17, 15) is 9.59 Å². The molecule has 8 nitrogen and oxygen atoms in total. The first-order chi connectivity index (χ1) is 11.1. The molecule has 0 fully saturated rings. The third kappa shape index (κ3) is 3.42. The van der Waals surface area contributed by atoms with Gasteiger partial charge in [-0.2, -0.15) is 0 Å². The normalized spacial score (nSPS) is 10.8. The second kappa shape index (κ2) is 6.39. The van der Waals surface area contributed by atoms with E-state index in [0.29, 0.717) is 24.0 Å². The Bertz CT molecular complexity index is 898. The number of hydrogen-bond donors (Lipinski definition) is 1. The third-order valence-electron chi connectivity index (χ3n) is 3.36. The summed E-state index contributed by atoms with van der Waals surface area (Å²) in [4.78, 5) is 28.4. The number of carbonyl (C=O) groups excluding carboxylic acids is 1. The molecule has 23 heavy (non-hydrogen) atoms. The van der Waals surface area contributed by atoms with Crippen molar-refractivity contribution in [2.45, 2.75) is 20.0 Å². The lowest BCUT2D eigenvalue weighted by Gasteiger charge is -2.07. The van der Waals surface area contributed by atoms with Gasteiger partial charge in [-0.05, 0) is 19.1 Å². The van der Waals surface area contributed by atoms with Gasteiger partial charge in [0, 0.05) is 12.7 Å². The number of benzene rings is 1. The highest BCUT2D eigenvalue weighted by molar-refractivity contribution is 5.78. The summed E-state index contributed by atoms with van der Waals surface area (Å²) >= 11 is 0. The minimum Gasteiger partial charge on any atom is -0.353 e. The van der Waals surface area contributed by atoms with Gasteiger partial charge in [-0.3, -0.25) is 18.8 Å². The van der Waals surface area contributed by atoms with Gasteiger partial charge in [0.25, 0.3) is 5.56 Å². The van der Waals surface area contributed by atoms with Crippen LogP contribution in [0.3, 0.4) is 0 Å². The number of amides is 1. The number of nitrogens with zero attached hydrogens (tertiary/aromatic N) is 5. The molecule has 1 amide bonds. The van der Waals surface area contributed by atoms with Gasteiger partial charge in [0.2, 0.25) is 5.91 Å². The summed E-state index contributed by atoms with van der Waals surface area (Å²) in [5.41, 5.74) is 1.22. The minimum atomic E-state index is -0.249. The average Bonchev–Trinajstić information content (AvgIpc) is 2.96. The zero-order chi connectivity index (χ0) is 16.2. The van der Waals surface area contributed by atoms with Crippen LogP contribution in [0.1, 0.15) is 5.69 Å². The Kier molecular flexibility index (Phi) is 4.13. The second-order valence-corrected chi connectivity index (χ2v) is 5.17. The van der Waals surface area contributed by atoms with E-state index in [1.54, 1.807) is 29.1 Å². The number of fused-ring (bicyclic) bond motifs is 1. The maximum Gasteiger partial charge on any atom is 0.261 e. The molecule has 0 radical (unpaired) electrons. The highest BCUT2D eigenvalue weighted by Crippen LogP contribution is 2.04. The topological polar surface area (TPSA) is 94.7 Å². The molecule has 0 unspecified atom stereocenters. The standard InChI is InChI=1S/C15H16N6O2/c1-11-8-21(19-18-11)7-6-16-14(22)9-20-10-17-13-5-3-2-4-12(13)15(20)23/h2-5,8,10H,6-7,9H2,1H3,(H,16,22). The van der Waals surface area contributed by atoms with E-state index in [-0.39, 0.29) is 18.0 Å². The number of aromatic nitrogens is 5. The van der Waals surface area contributed by atoms with E-state index < -0.39 is 0 Å². The van der Waals surface area contributed by atoms with E-state index >= 15 is 0 Å². The zero-order valence-corrected chi connectivity index (χ0v) is 12.6. The van der Waals surface area contributed by atoms with Crippen LogP contribution in [0, 0.1) is 6.92 Å². The Morgan fingerprint density at radius 1 is 1.30 bits per heavy atom. The first kappa shape index (κ1) is 14.9. The molecule has 118 valence electrons. The lowest BCUT2D eigenvalue weighted by molar-refractivity contribution is -0.121. The van der Waals surface area contributed by atoms with Crippen molar-refractivity contribution in [1.29, 1.82) is 0 Å². The highest BCUT2D eigenvalue weighted by Gasteiger charge is 2.07. The van der Waals surface area contributed by atoms with Crippen LogP contribution < -0.4 is 10.9 Å². The molecule has 0 aliphatic carbocycles. The SMILES string of the molecule is Cc1cn(CCNC(=O)Cn2cnc3ccccc3c2=O)nn1. The smallest absolute Gasteiger partial charge is 0.261 e. The lowest BCUT2D eigenvalue weighted by Crippen LogP contribution is -2.34. The van der Waals surface area contributed by atoms with Crippen LogP contribution >= 0.6 is 0 Å². The maximum absolute atomic E-state index is 12.3. The summed E-state index contributed by atoms with van der Waals surface area (Å²) in [5.74, 6) is -0.249. The van der Waals surface area contributed by atoms with Crippen LogP contribution in [0.15, 0.2) is 41.6 Å². The monoisotopic (exact) mass is 312 g/mol. The molecule has 0 spiro atoms. The molecule has 1 N–H and O–H groups in total. The van der Waals surface area contributed by atoms with Crippen LogP contribution in [0.5, 0.6) is 0 Å². The molecule has 0 aliphatic heterocycles. The van der Waals surface area contributed by atoms with Crippen molar-refractivity contribution in [1.82, 2.24) is 29.9 Å². The predicted molar refractivity (Wildman–Crippen MR) is 83.8 cm³/mol. The van der Waals surface area contributed by atoms with Gasteiger partial charge in [-0.15, -0.1) is 5.10 Å². The molecule has 1 aromatic carbocycles. The largest absolute Gasteiger partial charge is 0.353 e. The number of rotatable bonds is 5. The summed E-state index contributed by atoms with van der Waals surface area (Å²) in [7, 11) is 0. The molecule has 0 aliphatic rings. The van der Waals surface area contributed by atoms with Crippen molar-refractivity contribution in [3.05, 3.63) is 52.8 Å². The molecule has 3 aromatic rings. The van der Waals surface area contributed by atoms with E-state index in [1.807, 2.05) is 13.0 Å². The first-order valence-electron chi connectivity index (χ1n) is 7.21. The molecule has 0 atom stereocenters. The van der Waals surface area contributed by atoms with Crippen molar-refractivity contribution in [3.8, 4) is 0 Å². The van der Waals surface area contributed by atoms with Crippen LogP contribution in [-0.2, 0) is 17.9 Å². The van der Waals surface area contributed by atoms with Crippen molar-refractivity contribution in [2.75, 3.05) is 6.54 Å².